The number of hydrogen-bond acceptors (Lipinski definition) is 5. The Morgan fingerprint density at radius 1 is 1.80 bits per heavy atom. The van der Waals surface area contributed by atoms with Crippen LogP contribution in [-0.2, 0) is 4.79 Å². The van der Waals surface area contributed by atoms with Crippen LogP contribution in [0.25, 0.3) is 0 Å². The van der Waals surface area contributed by atoms with Crippen molar-refractivity contribution >= 4 is 23.5 Å². The Balaban J connectivity index is 2.79. The molecule has 4 nitrogen and oxygen atoms in total. The van der Waals surface area contributed by atoms with Gasteiger partial charge in [0, 0.05) is 0 Å². The zero-order chi connectivity index (χ0) is 7.40. The van der Waals surface area contributed by atoms with Crippen LogP contribution in [-0.4, -0.2) is 6.47 Å². The molecule has 0 saturated heterocycles. The summed E-state index contributed by atoms with van der Waals surface area (Å²) >= 11 is 1.30. The second kappa shape index (κ2) is 3.19. The maximum atomic E-state index is 9.86. The standard InChI is InChI=1S/C5H6N2O2S/c6-7-4-1-2-10-5(4)9-3-8/h1-3,7H,6H2. The summed E-state index contributed by atoms with van der Waals surface area (Å²) in [6.45, 7) is 0.368. The van der Waals surface area contributed by atoms with Gasteiger partial charge in [0.15, 0.2) is 0 Å². The molecule has 0 unspecified atom stereocenters. The third kappa shape index (κ3) is 1.26. The molecule has 3 N–H and O–H groups in total. The van der Waals surface area contributed by atoms with E-state index in [1.165, 1.54) is 11.3 Å². The summed E-state index contributed by atoms with van der Waals surface area (Å²) in [5, 5.41) is 2.26. The fourth-order valence-electron chi connectivity index (χ4n) is 0.537. The molecule has 1 aromatic rings. The van der Waals surface area contributed by atoms with E-state index < -0.39 is 0 Å². The van der Waals surface area contributed by atoms with E-state index in [2.05, 4.69) is 10.2 Å². The number of hydrogen-bond donors (Lipinski definition) is 2. The number of anilines is 1. The number of nitrogens with one attached hydrogen (secondary N) is 1. The molecule has 0 aromatic carbocycles. The van der Waals surface area contributed by atoms with Gasteiger partial charge in [0.1, 0.15) is 5.69 Å². The molecule has 0 aliphatic carbocycles. The number of nitrogens with two attached hydrogens (primary N) is 1. The van der Waals surface area contributed by atoms with E-state index in [-0.39, 0.29) is 0 Å². The Bertz CT molecular complexity index is 223. The average Bonchev–Trinajstić information content (AvgIpc) is 2.36. The lowest BCUT2D eigenvalue weighted by molar-refractivity contribution is -0.120. The van der Waals surface area contributed by atoms with Crippen molar-refractivity contribution in [2.75, 3.05) is 5.43 Å². The van der Waals surface area contributed by atoms with Crippen LogP contribution in [0.1, 0.15) is 0 Å². The van der Waals surface area contributed by atoms with Gasteiger partial charge >= 0.3 is 0 Å². The zero-order valence-electron chi connectivity index (χ0n) is 5.03. The Labute approximate surface area is 61.6 Å². The second-order valence-electron chi connectivity index (χ2n) is 1.48. The van der Waals surface area contributed by atoms with E-state index in [4.69, 9.17) is 5.84 Å². The van der Waals surface area contributed by atoms with Crippen molar-refractivity contribution in [1.82, 2.24) is 0 Å². The van der Waals surface area contributed by atoms with Gasteiger partial charge < -0.3 is 10.2 Å². The van der Waals surface area contributed by atoms with E-state index in [0.717, 1.165) is 0 Å². The lowest BCUT2D eigenvalue weighted by Gasteiger charge is -1.96. The van der Waals surface area contributed by atoms with Crippen molar-refractivity contribution in [1.29, 1.82) is 0 Å². The number of hydrazine groups is 1. The molecule has 0 saturated carbocycles. The number of nitrogen functional groups attached to an aromatic ring is 1. The molecule has 1 heterocycles. The second-order valence-corrected chi connectivity index (χ2v) is 2.36. The molecular formula is C5H6N2O2S. The summed E-state index contributed by atoms with van der Waals surface area (Å²) in [7, 11) is 0. The van der Waals surface area contributed by atoms with Gasteiger partial charge in [-0.2, -0.15) is 0 Å². The zero-order valence-corrected chi connectivity index (χ0v) is 5.85. The van der Waals surface area contributed by atoms with Crippen LogP contribution in [0.15, 0.2) is 11.4 Å². The van der Waals surface area contributed by atoms with Crippen molar-refractivity contribution in [2.45, 2.75) is 0 Å². The first-order chi connectivity index (χ1) is 4.88. The van der Waals surface area contributed by atoms with E-state index in [1.807, 2.05) is 0 Å². The molecule has 1 rings (SSSR count). The Morgan fingerprint density at radius 3 is 3.20 bits per heavy atom. The van der Waals surface area contributed by atoms with Crippen LogP contribution < -0.4 is 16.0 Å². The van der Waals surface area contributed by atoms with E-state index in [1.54, 1.807) is 11.4 Å². The fourth-order valence-corrected chi connectivity index (χ4v) is 1.21. The summed E-state index contributed by atoms with van der Waals surface area (Å²) in [4.78, 5) is 9.86. The molecule has 54 valence electrons. The van der Waals surface area contributed by atoms with Crippen LogP contribution >= 0.6 is 11.3 Å². The van der Waals surface area contributed by atoms with Crippen LogP contribution in [0, 0.1) is 0 Å². The first kappa shape index (κ1) is 7.04. The molecule has 0 spiro atoms. The van der Waals surface area contributed by atoms with Crippen molar-refractivity contribution < 1.29 is 9.53 Å². The van der Waals surface area contributed by atoms with E-state index in [0.29, 0.717) is 17.2 Å². The predicted molar refractivity (Wildman–Crippen MR) is 38.8 cm³/mol. The molecule has 0 atom stereocenters. The highest BCUT2D eigenvalue weighted by atomic mass is 32.1. The topological polar surface area (TPSA) is 64.3 Å². The first-order valence-electron chi connectivity index (χ1n) is 2.53. The molecule has 0 fully saturated rings. The quantitative estimate of drug-likeness (QED) is 0.383. The van der Waals surface area contributed by atoms with Gasteiger partial charge in [0.2, 0.25) is 5.06 Å². The molecule has 0 radical (unpaired) electrons. The highest BCUT2D eigenvalue weighted by molar-refractivity contribution is 7.12. The summed E-state index contributed by atoms with van der Waals surface area (Å²) < 4.78 is 4.56. The molecule has 0 amide bonds. The van der Waals surface area contributed by atoms with Gasteiger partial charge in [0.05, 0.1) is 0 Å². The molecule has 10 heavy (non-hydrogen) atoms. The van der Waals surface area contributed by atoms with Gasteiger partial charge in [-0.1, -0.05) is 0 Å². The molecule has 0 bridgehead atoms. The monoisotopic (exact) mass is 158 g/mol. The van der Waals surface area contributed by atoms with Gasteiger partial charge in [0.25, 0.3) is 6.47 Å². The van der Waals surface area contributed by atoms with Gasteiger partial charge in [-0.05, 0) is 11.4 Å². The smallest absolute Gasteiger partial charge is 0.299 e. The molecular weight excluding hydrogens is 152 g/mol. The van der Waals surface area contributed by atoms with Gasteiger partial charge in [-0.25, -0.2) is 0 Å². The third-order valence-corrected chi connectivity index (χ3v) is 1.74. The summed E-state index contributed by atoms with van der Waals surface area (Å²) in [6, 6.07) is 1.73. The van der Waals surface area contributed by atoms with Crippen molar-refractivity contribution in [3.63, 3.8) is 0 Å². The Kier molecular flexibility index (Phi) is 2.24. The molecule has 0 aliphatic heterocycles. The largest absolute Gasteiger partial charge is 0.415 e. The highest BCUT2D eigenvalue weighted by Crippen LogP contribution is 2.29. The van der Waals surface area contributed by atoms with Crippen LogP contribution in [0.5, 0.6) is 5.06 Å². The lowest BCUT2D eigenvalue weighted by Crippen LogP contribution is -2.06. The highest BCUT2D eigenvalue weighted by Gasteiger charge is 2.01. The van der Waals surface area contributed by atoms with Crippen molar-refractivity contribution in [3.8, 4) is 5.06 Å². The van der Waals surface area contributed by atoms with E-state index >= 15 is 0 Å². The van der Waals surface area contributed by atoms with Crippen LogP contribution in [0.3, 0.4) is 0 Å². The lowest BCUT2D eigenvalue weighted by atomic mass is 10.5. The summed E-state index contributed by atoms with van der Waals surface area (Å²) in [6.07, 6.45) is 0. The maximum absolute atomic E-state index is 9.86. The SMILES string of the molecule is NNc1ccsc1OC=O. The number of thiophene rings is 1. The number of carbonyl (C=O) groups is 1. The van der Waals surface area contributed by atoms with Crippen molar-refractivity contribution in [2.24, 2.45) is 5.84 Å². The minimum absolute atomic E-state index is 0.368. The first-order valence-corrected chi connectivity index (χ1v) is 3.41. The molecule has 5 heteroatoms. The van der Waals surface area contributed by atoms with Gasteiger partial charge in [-0.3, -0.25) is 10.6 Å². The van der Waals surface area contributed by atoms with Crippen LogP contribution in [0.4, 0.5) is 5.69 Å². The maximum Gasteiger partial charge on any atom is 0.299 e. The Hall–Kier alpha value is -1.07. The minimum Gasteiger partial charge on any atom is -0.415 e. The fraction of sp³-hybridized carbons (Fsp3) is 0. The summed E-state index contributed by atoms with van der Waals surface area (Å²) in [5.41, 5.74) is 3.01. The predicted octanol–water partition coefficient (Wildman–Crippen LogP) is 0.569. The molecule has 1 aromatic heterocycles. The summed E-state index contributed by atoms with van der Waals surface area (Å²) in [5.74, 6) is 5.09. The van der Waals surface area contributed by atoms with Gasteiger partial charge in [-0.15, -0.1) is 11.3 Å². The average molecular weight is 158 g/mol. The molecule has 0 aliphatic rings. The Morgan fingerprint density at radius 2 is 2.60 bits per heavy atom. The van der Waals surface area contributed by atoms with Crippen LogP contribution in [0.2, 0.25) is 0 Å². The van der Waals surface area contributed by atoms with E-state index in [9.17, 15) is 4.79 Å². The van der Waals surface area contributed by atoms with Crippen molar-refractivity contribution in [3.05, 3.63) is 11.4 Å². The number of rotatable bonds is 3. The minimum atomic E-state index is 0.368. The number of carbonyl (C=O) groups excluding carboxylic acids is 1. The third-order valence-electron chi connectivity index (χ3n) is 0.940. The number of ether oxygens (including phenoxy) is 1. The normalized spacial score (nSPS) is 8.90.